The fourth-order valence-corrected chi connectivity index (χ4v) is 2.07. The quantitative estimate of drug-likeness (QED) is 0.280. The van der Waals surface area contributed by atoms with Crippen LogP contribution in [0.5, 0.6) is 5.75 Å². The Morgan fingerprint density at radius 2 is 1.71 bits per heavy atom. The van der Waals surface area contributed by atoms with Crippen LogP contribution < -0.4 is 15.4 Å². The zero-order valence-corrected chi connectivity index (χ0v) is 15.5. The van der Waals surface area contributed by atoms with Crippen LogP contribution in [0.3, 0.4) is 0 Å². The third-order valence-electron chi connectivity index (χ3n) is 3.31. The molecule has 0 amide bonds. The summed E-state index contributed by atoms with van der Waals surface area (Å²) in [6, 6.07) is 4.90. The highest BCUT2D eigenvalue weighted by Gasteiger charge is 2.29. The lowest BCUT2D eigenvalue weighted by Crippen LogP contribution is -2.37. The molecule has 0 saturated carbocycles. The van der Waals surface area contributed by atoms with Crippen LogP contribution in [0.1, 0.15) is 17.5 Å². The Bertz CT molecular complexity index is 632. The number of alkyl halides is 6. The molecule has 0 aliphatic carbocycles. The molecule has 0 radical (unpaired) electrons. The first-order chi connectivity index (χ1) is 13.0. The molecular weight excluding hydrogens is 392 g/mol. The van der Waals surface area contributed by atoms with Crippen LogP contribution in [-0.4, -0.2) is 51.7 Å². The van der Waals surface area contributed by atoms with Gasteiger partial charge in [-0.05, 0) is 25.0 Å². The molecule has 0 heterocycles. The third kappa shape index (κ3) is 10.9. The van der Waals surface area contributed by atoms with Crippen molar-refractivity contribution in [3.05, 3.63) is 29.3 Å². The van der Waals surface area contributed by atoms with E-state index in [-0.39, 0.29) is 18.9 Å². The molecule has 2 N–H and O–H groups in total. The van der Waals surface area contributed by atoms with E-state index >= 15 is 0 Å². The van der Waals surface area contributed by atoms with Crippen molar-refractivity contribution in [1.29, 1.82) is 0 Å². The molecule has 0 aliphatic rings. The average Bonchev–Trinajstić information content (AvgIpc) is 2.58. The topological polar surface area (TPSA) is 54.9 Å². The largest absolute Gasteiger partial charge is 0.484 e. The van der Waals surface area contributed by atoms with Gasteiger partial charge in [0.25, 0.3) is 0 Å². The number of rotatable bonds is 9. The number of hydrogen-bond donors (Lipinski definition) is 2. The molecule has 0 unspecified atom stereocenters. The van der Waals surface area contributed by atoms with Gasteiger partial charge in [-0.1, -0.05) is 12.1 Å². The number of benzene rings is 1. The first-order valence-electron chi connectivity index (χ1n) is 8.38. The maximum Gasteiger partial charge on any atom is 0.422 e. The van der Waals surface area contributed by atoms with Gasteiger partial charge in [0.05, 0.1) is 0 Å². The Labute approximate surface area is 159 Å². The van der Waals surface area contributed by atoms with Gasteiger partial charge in [-0.25, -0.2) is 0 Å². The van der Waals surface area contributed by atoms with Crippen molar-refractivity contribution in [1.82, 2.24) is 10.6 Å². The van der Waals surface area contributed by atoms with Crippen molar-refractivity contribution in [2.45, 2.75) is 32.2 Å². The summed E-state index contributed by atoms with van der Waals surface area (Å²) in [6.07, 6.45) is -8.48. The molecule has 11 heteroatoms. The molecule has 0 bridgehead atoms. The molecular formula is C17H23F6N3O2. The summed E-state index contributed by atoms with van der Waals surface area (Å²) in [4.78, 5) is 3.95. The first kappa shape index (κ1) is 23.9. The van der Waals surface area contributed by atoms with Crippen molar-refractivity contribution in [2.24, 2.45) is 4.99 Å². The predicted octanol–water partition coefficient (Wildman–Crippen LogP) is 3.57. The third-order valence-corrected chi connectivity index (χ3v) is 3.31. The second-order valence-electron chi connectivity index (χ2n) is 5.89. The van der Waals surface area contributed by atoms with Gasteiger partial charge in [0, 0.05) is 32.3 Å². The van der Waals surface area contributed by atoms with E-state index in [1.165, 1.54) is 13.1 Å². The number of aryl methyl sites for hydroxylation is 1. The van der Waals surface area contributed by atoms with E-state index in [1.54, 1.807) is 19.1 Å². The van der Waals surface area contributed by atoms with Gasteiger partial charge in [0.2, 0.25) is 0 Å². The van der Waals surface area contributed by atoms with Crippen molar-refractivity contribution >= 4 is 5.96 Å². The van der Waals surface area contributed by atoms with E-state index in [2.05, 4.69) is 20.4 Å². The molecule has 5 nitrogen and oxygen atoms in total. The first-order valence-corrected chi connectivity index (χ1v) is 8.38. The van der Waals surface area contributed by atoms with Crippen LogP contribution in [0.25, 0.3) is 0 Å². The molecule has 0 saturated heterocycles. The molecule has 0 spiro atoms. The van der Waals surface area contributed by atoms with Gasteiger partial charge in [0.15, 0.2) is 12.6 Å². The fourth-order valence-electron chi connectivity index (χ4n) is 2.07. The van der Waals surface area contributed by atoms with E-state index in [0.717, 1.165) is 5.56 Å². The number of aliphatic imine (C=N–C) groups is 1. The van der Waals surface area contributed by atoms with Crippen LogP contribution in [-0.2, 0) is 11.3 Å². The highest BCUT2D eigenvalue weighted by atomic mass is 19.4. The average molecular weight is 415 g/mol. The lowest BCUT2D eigenvalue weighted by atomic mass is 10.1. The number of halogens is 6. The SMILES string of the molecule is CN=C(NCCCOCC(F)(F)F)NCc1ccc(C)cc1OCC(F)(F)F. The fraction of sp³-hybridized carbons (Fsp3) is 0.588. The predicted molar refractivity (Wildman–Crippen MR) is 92.4 cm³/mol. The second kappa shape index (κ2) is 11.0. The minimum Gasteiger partial charge on any atom is -0.484 e. The van der Waals surface area contributed by atoms with E-state index in [9.17, 15) is 26.3 Å². The van der Waals surface area contributed by atoms with Crippen LogP contribution in [0.15, 0.2) is 23.2 Å². The van der Waals surface area contributed by atoms with E-state index in [1.807, 2.05) is 0 Å². The normalized spacial score (nSPS) is 12.8. The maximum absolute atomic E-state index is 12.4. The Hall–Kier alpha value is -2.17. The molecule has 1 aromatic carbocycles. The zero-order valence-electron chi connectivity index (χ0n) is 15.5. The van der Waals surface area contributed by atoms with Gasteiger partial charge in [-0.15, -0.1) is 0 Å². The zero-order chi connectivity index (χ0) is 21.2. The molecule has 0 fully saturated rings. The molecule has 0 aromatic heterocycles. The van der Waals surface area contributed by atoms with E-state index in [0.29, 0.717) is 24.5 Å². The van der Waals surface area contributed by atoms with Gasteiger partial charge in [-0.3, -0.25) is 4.99 Å². The Kier molecular flexibility index (Phi) is 9.36. The Balaban J connectivity index is 2.46. The van der Waals surface area contributed by atoms with Crippen molar-refractivity contribution in [3.63, 3.8) is 0 Å². The summed E-state index contributed by atoms with van der Waals surface area (Å²) >= 11 is 0. The van der Waals surface area contributed by atoms with Gasteiger partial charge >= 0.3 is 12.4 Å². The minimum absolute atomic E-state index is 0.0725. The number of nitrogens with one attached hydrogen (secondary N) is 2. The molecule has 0 atom stereocenters. The molecule has 1 rings (SSSR count). The van der Waals surface area contributed by atoms with Crippen LogP contribution in [0.4, 0.5) is 26.3 Å². The second-order valence-corrected chi connectivity index (χ2v) is 5.89. The molecule has 160 valence electrons. The van der Waals surface area contributed by atoms with Gasteiger partial charge < -0.3 is 20.1 Å². The Morgan fingerprint density at radius 1 is 1.04 bits per heavy atom. The van der Waals surface area contributed by atoms with Crippen molar-refractivity contribution in [3.8, 4) is 5.75 Å². The van der Waals surface area contributed by atoms with Gasteiger partial charge in [0.1, 0.15) is 12.4 Å². The summed E-state index contributed by atoms with van der Waals surface area (Å²) in [5, 5.41) is 5.80. The lowest BCUT2D eigenvalue weighted by Gasteiger charge is -2.16. The number of nitrogens with zero attached hydrogens (tertiary/aromatic N) is 1. The smallest absolute Gasteiger partial charge is 0.422 e. The molecule has 0 aliphatic heterocycles. The molecule has 28 heavy (non-hydrogen) atoms. The van der Waals surface area contributed by atoms with Crippen LogP contribution in [0, 0.1) is 6.92 Å². The maximum atomic E-state index is 12.4. The lowest BCUT2D eigenvalue weighted by molar-refractivity contribution is -0.173. The number of guanidine groups is 1. The van der Waals surface area contributed by atoms with Crippen LogP contribution >= 0.6 is 0 Å². The van der Waals surface area contributed by atoms with Crippen molar-refractivity contribution in [2.75, 3.05) is 33.4 Å². The van der Waals surface area contributed by atoms with E-state index < -0.39 is 25.6 Å². The number of hydrogen-bond acceptors (Lipinski definition) is 3. The van der Waals surface area contributed by atoms with Gasteiger partial charge in [-0.2, -0.15) is 26.3 Å². The van der Waals surface area contributed by atoms with E-state index in [4.69, 9.17) is 4.74 Å². The minimum atomic E-state index is -4.44. The van der Waals surface area contributed by atoms with Crippen LogP contribution in [0.2, 0.25) is 0 Å². The molecule has 1 aromatic rings. The summed E-state index contributed by atoms with van der Waals surface area (Å²) in [5.74, 6) is 0.457. The standard InChI is InChI=1S/C17H23F6N3O2/c1-12-4-5-13(14(8-12)28-11-17(21,22)23)9-26-15(24-2)25-6-3-7-27-10-16(18,19)20/h4-5,8H,3,6-7,9-11H2,1-2H3,(H2,24,25,26). The highest BCUT2D eigenvalue weighted by molar-refractivity contribution is 5.79. The van der Waals surface area contributed by atoms with Crippen molar-refractivity contribution < 1.29 is 35.8 Å². The number of ether oxygens (including phenoxy) is 2. The summed E-state index contributed by atoms with van der Waals surface area (Å²) in [6.45, 7) is -0.571. The summed E-state index contributed by atoms with van der Waals surface area (Å²) in [7, 11) is 1.49. The summed E-state index contributed by atoms with van der Waals surface area (Å²) in [5.41, 5.74) is 1.26. The highest BCUT2D eigenvalue weighted by Crippen LogP contribution is 2.23. The summed E-state index contributed by atoms with van der Waals surface area (Å²) < 4.78 is 82.4. The Morgan fingerprint density at radius 3 is 2.32 bits per heavy atom. The monoisotopic (exact) mass is 415 g/mol.